The molecule has 0 amide bonds. The van der Waals surface area contributed by atoms with Crippen LogP contribution in [0.5, 0.6) is 0 Å². The van der Waals surface area contributed by atoms with Gasteiger partial charge in [-0.1, -0.05) is 13.8 Å². The lowest BCUT2D eigenvalue weighted by molar-refractivity contribution is 0.583. The number of thiophene rings is 1. The van der Waals surface area contributed by atoms with Crippen LogP contribution in [0.4, 0.5) is 0 Å². The van der Waals surface area contributed by atoms with Crippen LogP contribution >= 0.6 is 23.1 Å². The van der Waals surface area contributed by atoms with Gasteiger partial charge in [0.25, 0.3) is 0 Å². The Morgan fingerprint density at radius 2 is 2.27 bits per heavy atom. The molecular formula is C12H21NS2. The summed E-state index contributed by atoms with van der Waals surface area (Å²) in [5, 5.41) is 5.83. The van der Waals surface area contributed by atoms with E-state index in [0.29, 0.717) is 6.04 Å². The van der Waals surface area contributed by atoms with Gasteiger partial charge in [-0.05, 0) is 42.7 Å². The maximum Gasteiger partial charge on any atom is 0.0509 e. The summed E-state index contributed by atoms with van der Waals surface area (Å²) < 4.78 is 0. The molecule has 0 aliphatic rings. The molecule has 1 N–H and O–H groups in total. The molecule has 0 aromatic carbocycles. The van der Waals surface area contributed by atoms with Crippen LogP contribution in [0.15, 0.2) is 11.4 Å². The van der Waals surface area contributed by atoms with Crippen LogP contribution in [0, 0.1) is 6.92 Å². The SMILES string of the molecule is CCCNC(CSCC)c1sccc1C. The topological polar surface area (TPSA) is 12.0 Å². The van der Waals surface area contributed by atoms with E-state index in [1.807, 2.05) is 23.1 Å². The van der Waals surface area contributed by atoms with Gasteiger partial charge in [0.05, 0.1) is 6.04 Å². The molecule has 3 heteroatoms. The zero-order chi connectivity index (χ0) is 11.1. The molecule has 86 valence electrons. The maximum absolute atomic E-state index is 3.64. The zero-order valence-corrected chi connectivity index (χ0v) is 11.5. The van der Waals surface area contributed by atoms with E-state index < -0.39 is 0 Å². The summed E-state index contributed by atoms with van der Waals surface area (Å²) in [6.07, 6.45) is 1.21. The van der Waals surface area contributed by atoms with Crippen molar-refractivity contribution in [1.29, 1.82) is 0 Å². The Labute approximate surface area is 102 Å². The number of nitrogens with one attached hydrogen (secondary N) is 1. The van der Waals surface area contributed by atoms with Gasteiger partial charge < -0.3 is 5.32 Å². The summed E-state index contributed by atoms with van der Waals surface area (Å²) in [6.45, 7) is 7.77. The largest absolute Gasteiger partial charge is 0.309 e. The van der Waals surface area contributed by atoms with E-state index in [9.17, 15) is 0 Å². The molecule has 1 aromatic rings. The van der Waals surface area contributed by atoms with Gasteiger partial charge in [-0.15, -0.1) is 11.3 Å². The summed E-state index contributed by atoms with van der Waals surface area (Å²) in [4.78, 5) is 1.52. The minimum absolute atomic E-state index is 0.551. The zero-order valence-electron chi connectivity index (χ0n) is 9.88. The summed E-state index contributed by atoms with van der Waals surface area (Å²) in [5.74, 6) is 2.40. The van der Waals surface area contributed by atoms with E-state index in [1.165, 1.54) is 28.4 Å². The molecule has 0 bridgehead atoms. The molecule has 0 radical (unpaired) electrons. The van der Waals surface area contributed by atoms with Crippen molar-refractivity contribution >= 4 is 23.1 Å². The highest BCUT2D eigenvalue weighted by Gasteiger charge is 2.13. The van der Waals surface area contributed by atoms with E-state index in [0.717, 1.165) is 6.54 Å². The number of rotatable bonds is 7. The molecule has 1 rings (SSSR count). The van der Waals surface area contributed by atoms with Crippen LogP contribution in [-0.2, 0) is 0 Å². The molecule has 1 unspecified atom stereocenters. The standard InChI is InChI=1S/C12H21NS2/c1-4-7-13-11(9-14-5-2)12-10(3)6-8-15-12/h6,8,11,13H,4-5,7,9H2,1-3H3. The van der Waals surface area contributed by atoms with Crippen molar-refractivity contribution in [2.75, 3.05) is 18.1 Å². The highest BCUT2D eigenvalue weighted by Crippen LogP contribution is 2.26. The Hall–Kier alpha value is 0.0100. The van der Waals surface area contributed by atoms with Gasteiger partial charge in [-0.3, -0.25) is 0 Å². The van der Waals surface area contributed by atoms with E-state index in [1.54, 1.807) is 0 Å². The van der Waals surface area contributed by atoms with Gasteiger partial charge in [0.1, 0.15) is 0 Å². The molecule has 1 atom stereocenters. The predicted molar refractivity (Wildman–Crippen MR) is 73.1 cm³/mol. The van der Waals surface area contributed by atoms with Crippen LogP contribution in [0.3, 0.4) is 0 Å². The number of hydrogen-bond acceptors (Lipinski definition) is 3. The van der Waals surface area contributed by atoms with Gasteiger partial charge >= 0.3 is 0 Å². The summed E-state index contributed by atoms with van der Waals surface area (Å²) in [6, 6.07) is 2.77. The highest BCUT2D eigenvalue weighted by molar-refractivity contribution is 7.99. The number of aryl methyl sites for hydroxylation is 1. The average Bonchev–Trinajstić information content (AvgIpc) is 2.65. The molecule has 0 aliphatic heterocycles. The van der Waals surface area contributed by atoms with E-state index in [4.69, 9.17) is 0 Å². The minimum Gasteiger partial charge on any atom is -0.309 e. The Morgan fingerprint density at radius 3 is 2.80 bits per heavy atom. The Kier molecular flexibility index (Phi) is 6.37. The van der Waals surface area contributed by atoms with Crippen LogP contribution in [0.2, 0.25) is 0 Å². The minimum atomic E-state index is 0.551. The van der Waals surface area contributed by atoms with Gasteiger partial charge in [0, 0.05) is 10.6 Å². The van der Waals surface area contributed by atoms with Gasteiger partial charge in [0.15, 0.2) is 0 Å². The van der Waals surface area contributed by atoms with E-state index >= 15 is 0 Å². The molecule has 1 aromatic heterocycles. The molecule has 0 saturated carbocycles. The highest BCUT2D eigenvalue weighted by atomic mass is 32.2. The first-order valence-electron chi connectivity index (χ1n) is 5.64. The Morgan fingerprint density at radius 1 is 1.47 bits per heavy atom. The Bertz CT molecular complexity index is 262. The first-order valence-corrected chi connectivity index (χ1v) is 7.68. The molecule has 0 spiro atoms. The van der Waals surface area contributed by atoms with Crippen molar-refractivity contribution in [1.82, 2.24) is 5.32 Å². The van der Waals surface area contributed by atoms with Crippen LogP contribution < -0.4 is 5.32 Å². The van der Waals surface area contributed by atoms with Crippen LogP contribution in [-0.4, -0.2) is 18.1 Å². The molecule has 1 heterocycles. The fourth-order valence-electron chi connectivity index (χ4n) is 1.52. The van der Waals surface area contributed by atoms with Gasteiger partial charge in [-0.2, -0.15) is 11.8 Å². The van der Waals surface area contributed by atoms with E-state index in [-0.39, 0.29) is 0 Å². The second-order valence-corrected chi connectivity index (χ2v) is 5.90. The van der Waals surface area contributed by atoms with Gasteiger partial charge in [-0.25, -0.2) is 0 Å². The first-order chi connectivity index (χ1) is 7.29. The lowest BCUT2D eigenvalue weighted by Gasteiger charge is -2.17. The van der Waals surface area contributed by atoms with Crippen LogP contribution in [0.1, 0.15) is 36.8 Å². The van der Waals surface area contributed by atoms with Crippen molar-refractivity contribution in [3.63, 3.8) is 0 Å². The Balaban J connectivity index is 2.58. The summed E-state index contributed by atoms with van der Waals surface area (Å²) in [5.41, 5.74) is 1.44. The normalized spacial score (nSPS) is 13.0. The first kappa shape index (κ1) is 13.1. The van der Waals surface area contributed by atoms with Crippen molar-refractivity contribution in [3.8, 4) is 0 Å². The monoisotopic (exact) mass is 243 g/mol. The van der Waals surface area contributed by atoms with Gasteiger partial charge in [0.2, 0.25) is 0 Å². The molecular weight excluding hydrogens is 222 g/mol. The van der Waals surface area contributed by atoms with Crippen molar-refractivity contribution in [2.45, 2.75) is 33.2 Å². The summed E-state index contributed by atoms with van der Waals surface area (Å²) >= 11 is 3.90. The molecule has 1 nitrogen and oxygen atoms in total. The maximum atomic E-state index is 3.64. The van der Waals surface area contributed by atoms with Crippen LogP contribution in [0.25, 0.3) is 0 Å². The van der Waals surface area contributed by atoms with Crippen molar-refractivity contribution in [3.05, 3.63) is 21.9 Å². The van der Waals surface area contributed by atoms with Crippen molar-refractivity contribution in [2.24, 2.45) is 0 Å². The number of thioether (sulfide) groups is 1. The third kappa shape index (κ3) is 4.17. The second-order valence-electron chi connectivity index (χ2n) is 3.63. The molecule has 15 heavy (non-hydrogen) atoms. The third-order valence-electron chi connectivity index (χ3n) is 2.35. The molecule has 0 aliphatic carbocycles. The molecule has 0 saturated heterocycles. The fraction of sp³-hybridized carbons (Fsp3) is 0.667. The molecule has 0 fully saturated rings. The predicted octanol–water partition coefficient (Wildman–Crippen LogP) is 3.85. The van der Waals surface area contributed by atoms with Crippen molar-refractivity contribution < 1.29 is 0 Å². The third-order valence-corrected chi connectivity index (χ3v) is 4.46. The quantitative estimate of drug-likeness (QED) is 0.780. The number of hydrogen-bond donors (Lipinski definition) is 1. The second kappa shape index (κ2) is 7.31. The summed E-state index contributed by atoms with van der Waals surface area (Å²) in [7, 11) is 0. The average molecular weight is 243 g/mol. The fourth-order valence-corrected chi connectivity index (χ4v) is 3.39. The lowest BCUT2D eigenvalue weighted by Crippen LogP contribution is -2.24. The smallest absolute Gasteiger partial charge is 0.0509 e. The lowest BCUT2D eigenvalue weighted by atomic mass is 10.2. The van der Waals surface area contributed by atoms with E-state index in [2.05, 4.69) is 37.5 Å².